The lowest BCUT2D eigenvalue weighted by Crippen LogP contribution is -2.06. The summed E-state index contributed by atoms with van der Waals surface area (Å²) >= 11 is 0. The third kappa shape index (κ3) is 2.21. The highest BCUT2D eigenvalue weighted by atomic mass is 15.1. The average Bonchev–Trinajstić information content (AvgIpc) is 2.97. The molecule has 1 heterocycles. The standard InChI is InChI=1S/C16H14N4/c1-11(13-5-2-4-12(8-13)9-17)19-15-6-3-7-16-14(15)10-18-20-16/h2-8,10-11,19H,1H3,(H,18,20). The molecule has 0 aliphatic heterocycles. The van der Waals surface area contributed by atoms with Crippen molar-refractivity contribution in [1.82, 2.24) is 10.2 Å². The molecule has 1 atom stereocenters. The molecule has 0 fully saturated rings. The maximum absolute atomic E-state index is 8.96. The normalized spacial score (nSPS) is 12.0. The fraction of sp³-hybridized carbons (Fsp3) is 0.125. The molecule has 20 heavy (non-hydrogen) atoms. The minimum Gasteiger partial charge on any atom is -0.378 e. The fourth-order valence-electron chi connectivity index (χ4n) is 2.29. The molecule has 2 aromatic carbocycles. The Bertz CT molecular complexity index is 782. The van der Waals surface area contributed by atoms with Crippen LogP contribution in [-0.2, 0) is 0 Å². The summed E-state index contributed by atoms with van der Waals surface area (Å²) in [6, 6.07) is 15.9. The van der Waals surface area contributed by atoms with E-state index < -0.39 is 0 Å². The van der Waals surface area contributed by atoms with Crippen LogP contribution in [0.5, 0.6) is 0 Å². The van der Waals surface area contributed by atoms with E-state index in [1.165, 1.54) is 0 Å². The van der Waals surface area contributed by atoms with Crippen LogP contribution in [0.25, 0.3) is 10.9 Å². The van der Waals surface area contributed by atoms with Gasteiger partial charge in [-0.15, -0.1) is 0 Å². The van der Waals surface area contributed by atoms with E-state index in [0.717, 1.165) is 22.2 Å². The Morgan fingerprint density at radius 3 is 2.95 bits per heavy atom. The predicted octanol–water partition coefficient (Wildman–Crippen LogP) is 3.61. The first-order valence-electron chi connectivity index (χ1n) is 6.46. The zero-order chi connectivity index (χ0) is 13.9. The molecule has 1 unspecified atom stereocenters. The molecule has 0 saturated heterocycles. The lowest BCUT2D eigenvalue weighted by Gasteiger charge is -2.16. The fourth-order valence-corrected chi connectivity index (χ4v) is 2.29. The van der Waals surface area contributed by atoms with Crippen LogP contribution in [0, 0.1) is 11.3 Å². The van der Waals surface area contributed by atoms with E-state index in [1.807, 2.05) is 48.7 Å². The molecule has 0 saturated carbocycles. The highest BCUT2D eigenvalue weighted by Crippen LogP contribution is 2.26. The van der Waals surface area contributed by atoms with Gasteiger partial charge in [0.25, 0.3) is 0 Å². The largest absolute Gasteiger partial charge is 0.378 e. The summed E-state index contributed by atoms with van der Waals surface area (Å²) in [6.45, 7) is 2.08. The molecule has 0 amide bonds. The number of nitrogens with one attached hydrogen (secondary N) is 2. The number of nitrogens with zero attached hydrogens (tertiary/aromatic N) is 2. The van der Waals surface area contributed by atoms with E-state index in [1.54, 1.807) is 0 Å². The summed E-state index contributed by atoms with van der Waals surface area (Å²) in [7, 11) is 0. The average molecular weight is 262 g/mol. The third-order valence-corrected chi connectivity index (χ3v) is 3.37. The van der Waals surface area contributed by atoms with Crippen molar-refractivity contribution in [3.63, 3.8) is 0 Å². The first-order valence-corrected chi connectivity index (χ1v) is 6.46. The Labute approximate surface area is 117 Å². The predicted molar refractivity (Wildman–Crippen MR) is 79.3 cm³/mol. The molecule has 0 radical (unpaired) electrons. The highest BCUT2D eigenvalue weighted by molar-refractivity contribution is 5.90. The first kappa shape index (κ1) is 12.2. The monoisotopic (exact) mass is 262 g/mol. The van der Waals surface area contributed by atoms with Crippen LogP contribution in [0.15, 0.2) is 48.7 Å². The summed E-state index contributed by atoms with van der Waals surface area (Å²) in [5, 5.41) is 20.5. The smallest absolute Gasteiger partial charge is 0.0991 e. The lowest BCUT2D eigenvalue weighted by atomic mass is 10.0. The number of aromatic amines is 1. The van der Waals surface area contributed by atoms with Gasteiger partial charge in [-0.3, -0.25) is 5.10 Å². The molecule has 4 heteroatoms. The number of nitriles is 1. The van der Waals surface area contributed by atoms with E-state index in [9.17, 15) is 0 Å². The second kappa shape index (κ2) is 5.06. The summed E-state index contributed by atoms with van der Waals surface area (Å²) in [6.07, 6.45) is 1.82. The molecule has 3 rings (SSSR count). The van der Waals surface area contributed by atoms with E-state index in [-0.39, 0.29) is 6.04 Å². The van der Waals surface area contributed by atoms with Gasteiger partial charge in [-0.05, 0) is 36.8 Å². The summed E-state index contributed by atoms with van der Waals surface area (Å²) in [5.41, 5.74) is 3.81. The van der Waals surface area contributed by atoms with Gasteiger partial charge >= 0.3 is 0 Å². The topological polar surface area (TPSA) is 64.5 Å². The van der Waals surface area contributed by atoms with E-state index in [2.05, 4.69) is 28.5 Å². The minimum atomic E-state index is 0.115. The van der Waals surface area contributed by atoms with Gasteiger partial charge in [0.05, 0.1) is 23.3 Å². The van der Waals surface area contributed by atoms with Crippen molar-refractivity contribution in [3.8, 4) is 6.07 Å². The maximum atomic E-state index is 8.96. The van der Waals surface area contributed by atoms with Gasteiger partial charge in [-0.1, -0.05) is 18.2 Å². The molecule has 1 aromatic heterocycles. The lowest BCUT2D eigenvalue weighted by molar-refractivity contribution is 0.886. The van der Waals surface area contributed by atoms with Crippen LogP contribution < -0.4 is 5.32 Å². The van der Waals surface area contributed by atoms with Crippen molar-refractivity contribution < 1.29 is 0 Å². The van der Waals surface area contributed by atoms with Crippen LogP contribution in [0.4, 0.5) is 5.69 Å². The van der Waals surface area contributed by atoms with Gasteiger partial charge < -0.3 is 5.32 Å². The number of benzene rings is 2. The second-order valence-corrected chi connectivity index (χ2v) is 4.74. The molecule has 3 aromatic rings. The molecule has 0 aliphatic rings. The number of hydrogen-bond acceptors (Lipinski definition) is 3. The minimum absolute atomic E-state index is 0.115. The summed E-state index contributed by atoms with van der Waals surface area (Å²) in [4.78, 5) is 0. The van der Waals surface area contributed by atoms with E-state index in [4.69, 9.17) is 5.26 Å². The van der Waals surface area contributed by atoms with Crippen molar-refractivity contribution >= 4 is 16.6 Å². The number of hydrogen-bond donors (Lipinski definition) is 2. The number of aromatic nitrogens is 2. The maximum Gasteiger partial charge on any atom is 0.0991 e. The molecule has 2 N–H and O–H groups in total. The number of H-pyrrole nitrogens is 1. The molecule has 0 spiro atoms. The Morgan fingerprint density at radius 2 is 2.10 bits per heavy atom. The van der Waals surface area contributed by atoms with Crippen LogP contribution in [0.2, 0.25) is 0 Å². The Morgan fingerprint density at radius 1 is 1.25 bits per heavy atom. The quantitative estimate of drug-likeness (QED) is 0.757. The zero-order valence-corrected chi connectivity index (χ0v) is 11.1. The van der Waals surface area contributed by atoms with Crippen molar-refractivity contribution in [2.75, 3.05) is 5.32 Å². The second-order valence-electron chi connectivity index (χ2n) is 4.74. The van der Waals surface area contributed by atoms with Crippen molar-refractivity contribution in [2.45, 2.75) is 13.0 Å². The van der Waals surface area contributed by atoms with Crippen LogP contribution in [-0.4, -0.2) is 10.2 Å². The molecule has 0 bridgehead atoms. The number of anilines is 1. The number of fused-ring (bicyclic) bond motifs is 1. The Hall–Kier alpha value is -2.80. The van der Waals surface area contributed by atoms with Crippen molar-refractivity contribution in [2.24, 2.45) is 0 Å². The van der Waals surface area contributed by atoms with Gasteiger partial charge in [0.15, 0.2) is 0 Å². The molecular formula is C16H14N4. The van der Waals surface area contributed by atoms with Crippen LogP contribution in [0.1, 0.15) is 24.1 Å². The Balaban J connectivity index is 1.90. The van der Waals surface area contributed by atoms with Gasteiger partial charge in [0.2, 0.25) is 0 Å². The van der Waals surface area contributed by atoms with Crippen molar-refractivity contribution in [1.29, 1.82) is 5.26 Å². The molecule has 4 nitrogen and oxygen atoms in total. The van der Waals surface area contributed by atoms with Gasteiger partial charge in [-0.25, -0.2) is 0 Å². The summed E-state index contributed by atoms with van der Waals surface area (Å²) in [5.74, 6) is 0. The summed E-state index contributed by atoms with van der Waals surface area (Å²) < 4.78 is 0. The molecular weight excluding hydrogens is 248 g/mol. The van der Waals surface area contributed by atoms with E-state index >= 15 is 0 Å². The third-order valence-electron chi connectivity index (χ3n) is 3.37. The number of rotatable bonds is 3. The Kier molecular flexibility index (Phi) is 3.10. The van der Waals surface area contributed by atoms with Crippen molar-refractivity contribution in [3.05, 3.63) is 59.8 Å². The van der Waals surface area contributed by atoms with E-state index in [0.29, 0.717) is 5.56 Å². The van der Waals surface area contributed by atoms with Gasteiger partial charge in [-0.2, -0.15) is 10.4 Å². The van der Waals surface area contributed by atoms with Crippen LogP contribution in [0.3, 0.4) is 0 Å². The molecule has 98 valence electrons. The SMILES string of the molecule is CC(Nc1cccc2[nH]ncc12)c1cccc(C#N)c1. The van der Waals surface area contributed by atoms with Gasteiger partial charge in [0.1, 0.15) is 0 Å². The highest BCUT2D eigenvalue weighted by Gasteiger charge is 2.08. The zero-order valence-electron chi connectivity index (χ0n) is 11.1. The first-order chi connectivity index (χ1) is 9.78. The molecule has 0 aliphatic carbocycles. The van der Waals surface area contributed by atoms with Gasteiger partial charge in [0, 0.05) is 17.1 Å². The van der Waals surface area contributed by atoms with Crippen LogP contribution >= 0.6 is 0 Å².